The quantitative estimate of drug-likeness (QED) is 0.708. The van der Waals surface area contributed by atoms with Crippen molar-refractivity contribution in [2.45, 2.75) is 37.7 Å². The largest absolute Gasteiger partial charge is 0.394 e. The Hall–Kier alpha value is -1.24. The molecule has 1 unspecified atom stereocenters. The van der Waals surface area contributed by atoms with Crippen LogP contribution in [0.4, 0.5) is 0 Å². The summed E-state index contributed by atoms with van der Waals surface area (Å²) >= 11 is 0. The zero-order valence-electron chi connectivity index (χ0n) is 12.3. The average Bonchev–Trinajstić information content (AvgIpc) is 2.48. The van der Waals surface area contributed by atoms with Crippen molar-refractivity contribution >= 4 is 15.6 Å². The summed E-state index contributed by atoms with van der Waals surface area (Å²) in [4.78, 5) is 12.2. The lowest BCUT2D eigenvalue weighted by Crippen LogP contribution is -2.24. The highest BCUT2D eigenvalue weighted by Crippen LogP contribution is 2.18. The van der Waals surface area contributed by atoms with Gasteiger partial charge < -0.3 is 10.2 Å². The summed E-state index contributed by atoms with van der Waals surface area (Å²) in [5.74, 6) is -0.577. The second kappa shape index (κ2) is 7.68. The number of hydrogen-bond donors (Lipinski definition) is 2. The average molecular weight is 314 g/mol. The van der Waals surface area contributed by atoms with Crippen molar-refractivity contribution in [3.63, 3.8) is 0 Å². The summed E-state index contributed by atoms with van der Waals surface area (Å²) in [7, 11) is -3.67. The number of rotatable bonds is 8. The third-order valence-electron chi connectivity index (χ3n) is 3.48. The van der Waals surface area contributed by atoms with Crippen molar-refractivity contribution in [2.24, 2.45) is 5.92 Å². The van der Waals surface area contributed by atoms with Crippen LogP contribution in [0.3, 0.4) is 0 Å². The lowest BCUT2D eigenvalue weighted by Gasteiger charge is -2.12. The second-order valence-corrected chi connectivity index (χ2v) is 7.05. The van der Waals surface area contributed by atoms with Crippen LogP contribution in [0.15, 0.2) is 29.2 Å². The Morgan fingerprint density at radius 3 is 2.10 bits per heavy atom. The first-order valence-corrected chi connectivity index (χ1v) is 8.66. The number of carbonyl (C=O) groups excluding carboxylic acids is 1. The van der Waals surface area contributed by atoms with Gasteiger partial charge in [0.25, 0.3) is 0 Å². The Morgan fingerprint density at radius 1 is 1.14 bits per heavy atom. The minimum absolute atomic E-state index is 0.0133. The fourth-order valence-electron chi connectivity index (χ4n) is 2.12. The Labute approximate surface area is 125 Å². The normalized spacial score (nSPS) is 13.4. The Balaban J connectivity index is 2.95. The van der Waals surface area contributed by atoms with E-state index in [0.29, 0.717) is 5.56 Å². The molecule has 1 atom stereocenters. The van der Waals surface area contributed by atoms with Crippen LogP contribution in [0.25, 0.3) is 0 Å². The maximum absolute atomic E-state index is 12.2. The lowest BCUT2D eigenvalue weighted by molar-refractivity contribution is 0.0913. The lowest BCUT2D eigenvalue weighted by atomic mass is 9.93. The number of benzene rings is 1. The van der Waals surface area contributed by atoms with Crippen LogP contribution in [0.5, 0.6) is 0 Å². The van der Waals surface area contributed by atoms with Gasteiger partial charge >= 0.3 is 0 Å². The molecule has 0 bridgehead atoms. The third-order valence-corrected chi connectivity index (χ3v) is 5.29. The van der Waals surface area contributed by atoms with Crippen molar-refractivity contribution < 1.29 is 23.4 Å². The molecule has 0 aliphatic rings. The maximum atomic E-state index is 12.2. The molecule has 0 aliphatic carbocycles. The Kier molecular flexibility index (Phi) is 6.51. The summed E-state index contributed by atoms with van der Waals surface area (Å²) in [6.45, 7) is 3.28. The van der Waals surface area contributed by atoms with E-state index >= 15 is 0 Å². The van der Waals surface area contributed by atoms with Gasteiger partial charge in [-0.1, -0.05) is 26.0 Å². The highest BCUT2D eigenvalue weighted by molar-refractivity contribution is 7.91. The molecule has 1 rings (SSSR count). The number of sulfone groups is 1. The molecule has 0 radical (unpaired) electrons. The molecule has 0 saturated carbocycles. The number of hydrogen-bond acceptors (Lipinski definition) is 5. The van der Waals surface area contributed by atoms with Crippen LogP contribution in [-0.2, 0) is 9.84 Å². The molecule has 0 aromatic heterocycles. The molecule has 0 aliphatic heterocycles. The predicted octanol–water partition coefficient (Wildman–Crippen LogP) is 1.43. The summed E-state index contributed by atoms with van der Waals surface area (Å²) in [6, 6.07) is 5.74. The van der Waals surface area contributed by atoms with Gasteiger partial charge in [-0.3, -0.25) is 4.79 Å². The predicted molar refractivity (Wildman–Crippen MR) is 80.0 cm³/mol. The molecule has 118 valence electrons. The first-order chi connectivity index (χ1) is 9.85. The summed E-state index contributed by atoms with van der Waals surface area (Å²) < 4.78 is 23.9. The van der Waals surface area contributed by atoms with Gasteiger partial charge in [-0.25, -0.2) is 8.42 Å². The van der Waals surface area contributed by atoms with E-state index in [1.54, 1.807) is 0 Å². The number of aliphatic hydroxyl groups excluding tert-OH is 2. The van der Waals surface area contributed by atoms with Crippen molar-refractivity contribution in [1.29, 1.82) is 0 Å². The van der Waals surface area contributed by atoms with Gasteiger partial charge in [-0.2, -0.15) is 0 Å². The number of aliphatic hydroxyl groups is 2. The SMILES string of the molecule is CCC(CC)C(=O)c1ccc(S(=O)(=O)CC(O)CO)cc1. The van der Waals surface area contributed by atoms with Gasteiger partial charge in [0.05, 0.1) is 23.4 Å². The molecule has 1 aromatic rings. The number of ketones is 1. The topological polar surface area (TPSA) is 91.7 Å². The van der Waals surface area contributed by atoms with Gasteiger partial charge in [-0.15, -0.1) is 0 Å². The molecule has 0 heterocycles. The van der Waals surface area contributed by atoms with Crippen LogP contribution in [-0.4, -0.2) is 42.9 Å². The van der Waals surface area contributed by atoms with E-state index < -0.39 is 28.3 Å². The summed E-state index contributed by atoms with van der Waals surface area (Å²) in [6.07, 6.45) is 0.191. The maximum Gasteiger partial charge on any atom is 0.181 e. The van der Waals surface area contributed by atoms with E-state index in [2.05, 4.69) is 0 Å². The van der Waals surface area contributed by atoms with Crippen LogP contribution >= 0.6 is 0 Å². The summed E-state index contributed by atoms with van der Waals surface area (Å²) in [5.41, 5.74) is 0.491. The zero-order chi connectivity index (χ0) is 16.0. The van der Waals surface area contributed by atoms with Gasteiger partial charge in [-0.05, 0) is 25.0 Å². The van der Waals surface area contributed by atoms with Crippen molar-refractivity contribution in [1.82, 2.24) is 0 Å². The fourth-order valence-corrected chi connectivity index (χ4v) is 3.48. The standard InChI is InChI=1S/C15H22O5S/c1-3-11(4-2)15(18)12-5-7-14(8-6-12)21(19,20)10-13(17)9-16/h5-8,11,13,16-17H,3-4,9-10H2,1-2H3. The van der Waals surface area contributed by atoms with Crippen molar-refractivity contribution in [3.05, 3.63) is 29.8 Å². The molecule has 2 N–H and O–H groups in total. The fraction of sp³-hybridized carbons (Fsp3) is 0.533. The second-order valence-electron chi connectivity index (χ2n) is 5.02. The number of carbonyl (C=O) groups is 1. The molecule has 0 fully saturated rings. The highest BCUT2D eigenvalue weighted by atomic mass is 32.2. The van der Waals surface area contributed by atoms with Crippen LogP contribution in [0.2, 0.25) is 0 Å². The van der Waals surface area contributed by atoms with E-state index in [4.69, 9.17) is 5.11 Å². The van der Waals surface area contributed by atoms with E-state index in [1.807, 2.05) is 13.8 Å². The molecular formula is C15H22O5S. The summed E-state index contributed by atoms with van der Waals surface area (Å²) in [5, 5.41) is 18.0. The molecule has 21 heavy (non-hydrogen) atoms. The van der Waals surface area contributed by atoms with Gasteiger partial charge in [0.15, 0.2) is 15.6 Å². The smallest absolute Gasteiger partial charge is 0.181 e. The Bertz CT molecular complexity index is 558. The van der Waals surface area contributed by atoms with Gasteiger partial charge in [0.2, 0.25) is 0 Å². The van der Waals surface area contributed by atoms with Crippen LogP contribution in [0, 0.1) is 5.92 Å². The molecule has 6 heteroatoms. The van der Waals surface area contributed by atoms with E-state index in [0.717, 1.165) is 12.8 Å². The monoisotopic (exact) mass is 314 g/mol. The van der Waals surface area contributed by atoms with Crippen molar-refractivity contribution in [2.75, 3.05) is 12.4 Å². The third kappa shape index (κ3) is 4.62. The van der Waals surface area contributed by atoms with E-state index in [1.165, 1.54) is 24.3 Å². The highest BCUT2D eigenvalue weighted by Gasteiger charge is 2.21. The van der Waals surface area contributed by atoms with E-state index in [9.17, 15) is 18.3 Å². The Morgan fingerprint density at radius 2 is 1.67 bits per heavy atom. The molecule has 0 spiro atoms. The van der Waals surface area contributed by atoms with Crippen LogP contribution < -0.4 is 0 Å². The molecule has 1 aromatic carbocycles. The van der Waals surface area contributed by atoms with E-state index in [-0.39, 0.29) is 16.6 Å². The molecule has 0 amide bonds. The number of Topliss-reactive ketones (excluding diaryl/α,β-unsaturated/α-hetero) is 1. The van der Waals surface area contributed by atoms with Crippen molar-refractivity contribution in [3.8, 4) is 0 Å². The first-order valence-electron chi connectivity index (χ1n) is 7.01. The molecule has 0 saturated heterocycles. The first kappa shape index (κ1) is 17.8. The van der Waals surface area contributed by atoms with Gasteiger partial charge in [0, 0.05) is 11.5 Å². The minimum Gasteiger partial charge on any atom is -0.394 e. The minimum atomic E-state index is -3.67. The molecule has 5 nitrogen and oxygen atoms in total. The zero-order valence-corrected chi connectivity index (χ0v) is 13.1. The van der Waals surface area contributed by atoms with Gasteiger partial charge in [0.1, 0.15) is 0 Å². The molecular weight excluding hydrogens is 292 g/mol. The van der Waals surface area contributed by atoms with Crippen LogP contribution in [0.1, 0.15) is 37.0 Å².